The molecule has 1 heterocycles. The maximum absolute atomic E-state index is 13.9. The lowest BCUT2D eigenvalue weighted by Crippen LogP contribution is -1.85. The summed E-state index contributed by atoms with van der Waals surface area (Å²) in [6.07, 6.45) is 0. The summed E-state index contributed by atoms with van der Waals surface area (Å²) in [5.74, 6) is -0.205. The lowest BCUT2D eigenvalue weighted by Gasteiger charge is -2.00. The lowest BCUT2D eigenvalue weighted by atomic mass is 10.2. The summed E-state index contributed by atoms with van der Waals surface area (Å²) < 4.78 is 20.8. The van der Waals surface area contributed by atoms with Gasteiger partial charge in [-0.25, -0.2) is 9.37 Å². The SMILES string of the molecule is Nc1cc(Br)cc2nc(-c3c(F)cccc3Br)oc12. The fraction of sp³-hybridized carbons (Fsp3) is 0. The summed E-state index contributed by atoms with van der Waals surface area (Å²) in [7, 11) is 0. The minimum absolute atomic E-state index is 0.199. The largest absolute Gasteiger partial charge is 0.434 e. The van der Waals surface area contributed by atoms with Crippen molar-refractivity contribution in [1.29, 1.82) is 0 Å². The number of rotatable bonds is 1. The maximum Gasteiger partial charge on any atom is 0.231 e. The third-order valence-corrected chi connectivity index (χ3v) is 3.78. The first-order valence-electron chi connectivity index (χ1n) is 5.36. The lowest BCUT2D eigenvalue weighted by molar-refractivity contribution is 0.593. The van der Waals surface area contributed by atoms with Crippen LogP contribution in [0.25, 0.3) is 22.6 Å². The van der Waals surface area contributed by atoms with Gasteiger partial charge in [0.25, 0.3) is 0 Å². The Hall–Kier alpha value is -1.40. The molecule has 0 spiro atoms. The minimum Gasteiger partial charge on any atom is -0.434 e. The van der Waals surface area contributed by atoms with E-state index < -0.39 is 5.82 Å². The Morgan fingerprint density at radius 2 is 2.00 bits per heavy atom. The van der Waals surface area contributed by atoms with E-state index in [4.69, 9.17) is 10.2 Å². The predicted octanol–water partition coefficient (Wildman–Crippen LogP) is 4.74. The first kappa shape index (κ1) is 12.6. The van der Waals surface area contributed by atoms with Crippen molar-refractivity contribution in [2.45, 2.75) is 0 Å². The van der Waals surface area contributed by atoms with Crippen LogP contribution in [0, 0.1) is 5.82 Å². The maximum atomic E-state index is 13.9. The molecule has 3 rings (SSSR count). The molecule has 3 aromatic rings. The summed E-state index contributed by atoms with van der Waals surface area (Å²) in [5.41, 5.74) is 7.63. The fourth-order valence-electron chi connectivity index (χ4n) is 1.83. The number of nitrogens with two attached hydrogens (primary N) is 1. The van der Waals surface area contributed by atoms with Crippen molar-refractivity contribution < 1.29 is 8.81 Å². The van der Waals surface area contributed by atoms with E-state index >= 15 is 0 Å². The van der Waals surface area contributed by atoms with E-state index in [0.717, 1.165) is 4.47 Å². The number of anilines is 1. The van der Waals surface area contributed by atoms with Crippen LogP contribution in [0.1, 0.15) is 0 Å². The number of hydrogen-bond donors (Lipinski definition) is 1. The van der Waals surface area contributed by atoms with Crippen LogP contribution < -0.4 is 5.73 Å². The Morgan fingerprint density at radius 1 is 1.21 bits per heavy atom. The number of nitrogen functional groups attached to an aromatic ring is 1. The van der Waals surface area contributed by atoms with Crippen LogP contribution in [0.2, 0.25) is 0 Å². The van der Waals surface area contributed by atoms with Crippen LogP contribution in [0.3, 0.4) is 0 Å². The second-order valence-corrected chi connectivity index (χ2v) is 5.73. The van der Waals surface area contributed by atoms with Gasteiger partial charge in [-0.3, -0.25) is 0 Å². The Kier molecular flexibility index (Phi) is 3.06. The van der Waals surface area contributed by atoms with Crippen molar-refractivity contribution in [2.24, 2.45) is 0 Å². The number of fused-ring (bicyclic) bond motifs is 1. The molecular formula is C13H7Br2FN2O. The van der Waals surface area contributed by atoms with E-state index in [9.17, 15) is 4.39 Å². The molecular weight excluding hydrogens is 379 g/mol. The van der Waals surface area contributed by atoms with Gasteiger partial charge in [0, 0.05) is 8.95 Å². The topological polar surface area (TPSA) is 52.0 Å². The number of aromatic nitrogens is 1. The molecule has 0 unspecified atom stereocenters. The average Bonchev–Trinajstić information content (AvgIpc) is 2.72. The van der Waals surface area contributed by atoms with Gasteiger partial charge in [0.05, 0.1) is 11.3 Å². The second kappa shape index (κ2) is 4.61. The first-order chi connectivity index (χ1) is 9.06. The summed E-state index contributed by atoms with van der Waals surface area (Å²) in [5, 5.41) is 0. The van der Waals surface area contributed by atoms with E-state index in [-0.39, 0.29) is 11.5 Å². The van der Waals surface area contributed by atoms with Gasteiger partial charge in [0.2, 0.25) is 5.89 Å². The minimum atomic E-state index is -0.404. The molecule has 0 aliphatic heterocycles. The molecule has 19 heavy (non-hydrogen) atoms. The zero-order valence-corrected chi connectivity index (χ0v) is 12.6. The van der Waals surface area contributed by atoms with Gasteiger partial charge < -0.3 is 10.2 Å². The monoisotopic (exact) mass is 384 g/mol. The highest BCUT2D eigenvalue weighted by atomic mass is 79.9. The molecule has 2 aromatic carbocycles. The molecule has 0 radical (unpaired) electrons. The fourth-order valence-corrected chi connectivity index (χ4v) is 2.81. The van der Waals surface area contributed by atoms with Gasteiger partial charge in [-0.05, 0) is 40.2 Å². The van der Waals surface area contributed by atoms with Crippen molar-refractivity contribution in [3.63, 3.8) is 0 Å². The number of oxazole rings is 1. The smallest absolute Gasteiger partial charge is 0.231 e. The molecule has 0 saturated carbocycles. The summed E-state index contributed by atoms with van der Waals surface area (Å²) >= 11 is 6.63. The standard InChI is InChI=1S/C13H7Br2FN2O/c14-6-4-9(17)12-10(5-6)18-13(19-12)11-7(15)2-1-3-8(11)16/h1-5H,17H2. The van der Waals surface area contributed by atoms with Gasteiger partial charge in [0.1, 0.15) is 11.3 Å². The molecule has 0 saturated heterocycles. The molecule has 6 heteroatoms. The van der Waals surface area contributed by atoms with E-state index in [0.29, 0.717) is 21.3 Å². The normalized spacial score (nSPS) is 11.1. The van der Waals surface area contributed by atoms with E-state index in [1.54, 1.807) is 24.3 Å². The van der Waals surface area contributed by atoms with Crippen LogP contribution in [0.4, 0.5) is 10.1 Å². The van der Waals surface area contributed by atoms with E-state index in [1.165, 1.54) is 6.07 Å². The quantitative estimate of drug-likeness (QED) is 0.615. The predicted molar refractivity (Wildman–Crippen MR) is 79.2 cm³/mol. The molecule has 0 amide bonds. The average molecular weight is 386 g/mol. The second-order valence-electron chi connectivity index (χ2n) is 3.96. The van der Waals surface area contributed by atoms with Gasteiger partial charge in [-0.1, -0.05) is 22.0 Å². The van der Waals surface area contributed by atoms with Crippen LogP contribution in [0.15, 0.2) is 43.7 Å². The van der Waals surface area contributed by atoms with E-state index in [1.807, 2.05) is 0 Å². The molecule has 1 aromatic heterocycles. The van der Waals surface area contributed by atoms with Crippen molar-refractivity contribution in [2.75, 3.05) is 5.73 Å². The number of benzene rings is 2. The highest BCUT2D eigenvalue weighted by Crippen LogP contribution is 2.35. The highest BCUT2D eigenvalue weighted by Gasteiger charge is 2.17. The van der Waals surface area contributed by atoms with Crippen molar-refractivity contribution in [3.8, 4) is 11.5 Å². The third kappa shape index (κ3) is 2.15. The molecule has 2 N–H and O–H groups in total. The van der Waals surface area contributed by atoms with Crippen LogP contribution >= 0.6 is 31.9 Å². The Labute approximate surface area is 124 Å². The Morgan fingerprint density at radius 3 is 2.74 bits per heavy atom. The number of halogens is 3. The highest BCUT2D eigenvalue weighted by molar-refractivity contribution is 9.10. The van der Waals surface area contributed by atoms with Crippen molar-refractivity contribution in [3.05, 3.63) is 45.1 Å². The number of nitrogens with zero attached hydrogens (tertiary/aromatic N) is 1. The van der Waals surface area contributed by atoms with Crippen molar-refractivity contribution >= 4 is 48.6 Å². The Bertz CT molecular complexity index is 765. The van der Waals surface area contributed by atoms with Gasteiger partial charge in [-0.2, -0.15) is 0 Å². The van der Waals surface area contributed by atoms with Crippen LogP contribution in [-0.4, -0.2) is 4.98 Å². The third-order valence-electron chi connectivity index (χ3n) is 2.66. The molecule has 0 aliphatic rings. The molecule has 3 nitrogen and oxygen atoms in total. The van der Waals surface area contributed by atoms with E-state index in [2.05, 4.69) is 36.8 Å². The molecule has 0 fully saturated rings. The van der Waals surface area contributed by atoms with Gasteiger partial charge in [-0.15, -0.1) is 0 Å². The molecule has 96 valence electrons. The Balaban J connectivity index is 2.30. The summed E-state index contributed by atoms with van der Waals surface area (Å²) in [6.45, 7) is 0. The summed E-state index contributed by atoms with van der Waals surface area (Å²) in [6, 6.07) is 8.18. The van der Waals surface area contributed by atoms with Crippen LogP contribution in [-0.2, 0) is 0 Å². The summed E-state index contributed by atoms with van der Waals surface area (Å²) in [4.78, 5) is 4.28. The van der Waals surface area contributed by atoms with Crippen LogP contribution in [0.5, 0.6) is 0 Å². The zero-order chi connectivity index (χ0) is 13.6. The first-order valence-corrected chi connectivity index (χ1v) is 6.95. The molecule has 0 aliphatic carbocycles. The number of hydrogen-bond acceptors (Lipinski definition) is 3. The zero-order valence-electron chi connectivity index (χ0n) is 9.45. The molecule has 0 atom stereocenters. The van der Waals surface area contributed by atoms with Crippen molar-refractivity contribution in [1.82, 2.24) is 4.98 Å². The van der Waals surface area contributed by atoms with Gasteiger partial charge in [0.15, 0.2) is 5.58 Å². The molecule has 0 bridgehead atoms. The van der Waals surface area contributed by atoms with Gasteiger partial charge >= 0.3 is 0 Å².